The van der Waals surface area contributed by atoms with E-state index in [1.165, 1.54) is 25.7 Å². The minimum atomic E-state index is 0.557. The zero-order chi connectivity index (χ0) is 13.4. The number of nitrogens with two attached hydrogens (primary N) is 1. The van der Waals surface area contributed by atoms with Crippen LogP contribution in [0.2, 0.25) is 0 Å². The zero-order valence-electron chi connectivity index (χ0n) is 11.8. The van der Waals surface area contributed by atoms with Gasteiger partial charge < -0.3 is 15.5 Å². The molecule has 0 radical (unpaired) electrons. The van der Waals surface area contributed by atoms with E-state index in [4.69, 9.17) is 10.7 Å². The van der Waals surface area contributed by atoms with Crippen LogP contribution in [0.15, 0.2) is 6.07 Å². The summed E-state index contributed by atoms with van der Waals surface area (Å²) in [5, 5.41) is 0. The standard InChI is InChI=1S/C14H23N5/c1-18(2)11-5-7-19(8-6-11)13-9-12(15)16-14(17-13)10-3-4-10/h9-11H,3-8H2,1-2H3,(H2,15,16,17). The fourth-order valence-corrected chi connectivity index (χ4v) is 2.77. The van der Waals surface area contributed by atoms with E-state index in [1.807, 2.05) is 6.07 Å². The molecule has 0 unspecified atom stereocenters. The van der Waals surface area contributed by atoms with Crippen molar-refractivity contribution in [1.29, 1.82) is 0 Å². The van der Waals surface area contributed by atoms with Gasteiger partial charge >= 0.3 is 0 Å². The molecule has 0 bridgehead atoms. The Morgan fingerprint density at radius 2 is 1.84 bits per heavy atom. The summed E-state index contributed by atoms with van der Waals surface area (Å²) in [5.41, 5.74) is 5.92. The van der Waals surface area contributed by atoms with Crippen LogP contribution in [0, 0.1) is 0 Å². The SMILES string of the molecule is CN(C)C1CCN(c2cc(N)nc(C3CC3)n2)CC1. The highest BCUT2D eigenvalue weighted by atomic mass is 15.2. The predicted octanol–water partition coefficient (Wildman–Crippen LogP) is 1.47. The van der Waals surface area contributed by atoms with Crippen molar-refractivity contribution in [3.63, 3.8) is 0 Å². The molecule has 1 saturated carbocycles. The number of hydrogen-bond donors (Lipinski definition) is 1. The van der Waals surface area contributed by atoms with E-state index in [0.717, 1.165) is 24.7 Å². The molecule has 2 fully saturated rings. The van der Waals surface area contributed by atoms with Gasteiger partial charge in [0.25, 0.3) is 0 Å². The second-order valence-corrected chi connectivity index (χ2v) is 5.97. The summed E-state index contributed by atoms with van der Waals surface area (Å²) < 4.78 is 0. The van der Waals surface area contributed by atoms with Crippen molar-refractivity contribution in [3.05, 3.63) is 11.9 Å². The third-order valence-corrected chi connectivity index (χ3v) is 4.21. The third-order valence-electron chi connectivity index (χ3n) is 4.21. The molecule has 0 atom stereocenters. The van der Waals surface area contributed by atoms with Gasteiger partial charge in [-0.15, -0.1) is 0 Å². The molecule has 19 heavy (non-hydrogen) atoms. The summed E-state index contributed by atoms with van der Waals surface area (Å²) in [7, 11) is 4.32. The van der Waals surface area contributed by atoms with Gasteiger partial charge in [0.15, 0.2) is 0 Å². The van der Waals surface area contributed by atoms with Crippen molar-refractivity contribution in [2.75, 3.05) is 37.8 Å². The summed E-state index contributed by atoms with van der Waals surface area (Å²) in [4.78, 5) is 13.7. The van der Waals surface area contributed by atoms with Crippen LogP contribution in [0.25, 0.3) is 0 Å². The van der Waals surface area contributed by atoms with Crippen LogP contribution in [-0.2, 0) is 0 Å². The second kappa shape index (κ2) is 4.96. The largest absolute Gasteiger partial charge is 0.384 e. The van der Waals surface area contributed by atoms with E-state index in [1.54, 1.807) is 0 Å². The average Bonchev–Trinajstić information content (AvgIpc) is 3.22. The highest BCUT2D eigenvalue weighted by molar-refractivity contribution is 5.48. The molecule has 1 aromatic rings. The number of rotatable bonds is 3. The molecule has 1 aromatic heterocycles. The molecule has 0 spiro atoms. The van der Waals surface area contributed by atoms with Crippen LogP contribution in [0.3, 0.4) is 0 Å². The van der Waals surface area contributed by atoms with E-state index in [2.05, 4.69) is 28.9 Å². The second-order valence-electron chi connectivity index (χ2n) is 5.97. The number of nitrogens with zero attached hydrogens (tertiary/aromatic N) is 4. The number of aromatic nitrogens is 2. The number of hydrogen-bond acceptors (Lipinski definition) is 5. The molecule has 2 heterocycles. The maximum Gasteiger partial charge on any atom is 0.136 e. The smallest absolute Gasteiger partial charge is 0.136 e. The maximum absolute atomic E-state index is 5.92. The monoisotopic (exact) mass is 261 g/mol. The van der Waals surface area contributed by atoms with Gasteiger partial charge in [-0.1, -0.05) is 0 Å². The lowest BCUT2D eigenvalue weighted by molar-refractivity contribution is 0.249. The summed E-state index contributed by atoms with van der Waals surface area (Å²) in [6, 6.07) is 2.61. The van der Waals surface area contributed by atoms with E-state index in [9.17, 15) is 0 Å². The normalized spacial score (nSPS) is 21.1. The quantitative estimate of drug-likeness (QED) is 0.893. The van der Waals surface area contributed by atoms with Crippen molar-refractivity contribution < 1.29 is 0 Å². The van der Waals surface area contributed by atoms with Gasteiger partial charge in [0.2, 0.25) is 0 Å². The fraction of sp³-hybridized carbons (Fsp3) is 0.714. The number of nitrogen functional groups attached to an aromatic ring is 1. The topological polar surface area (TPSA) is 58.3 Å². The minimum Gasteiger partial charge on any atom is -0.384 e. The molecule has 1 aliphatic carbocycles. The first-order valence-corrected chi connectivity index (χ1v) is 7.19. The Morgan fingerprint density at radius 3 is 2.42 bits per heavy atom. The Hall–Kier alpha value is -1.36. The van der Waals surface area contributed by atoms with Gasteiger partial charge in [-0.2, -0.15) is 0 Å². The highest BCUT2D eigenvalue weighted by Gasteiger charge is 2.28. The van der Waals surface area contributed by atoms with Crippen molar-refractivity contribution in [3.8, 4) is 0 Å². The summed E-state index contributed by atoms with van der Waals surface area (Å²) in [6.45, 7) is 2.12. The lowest BCUT2D eigenvalue weighted by Gasteiger charge is -2.35. The van der Waals surface area contributed by atoms with Crippen LogP contribution in [0.4, 0.5) is 11.6 Å². The van der Waals surface area contributed by atoms with Gasteiger partial charge in [-0.05, 0) is 39.8 Å². The van der Waals surface area contributed by atoms with E-state index in [-0.39, 0.29) is 0 Å². The number of anilines is 2. The Kier molecular flexibility index (Phi) is 3.31. The first-order valence-electron chi connectivity index (χ1n) is 7.19. The Bertz CT molecular complexity index is 447. The molecule has 2 aliphatic rings. The third kappa shape index (κ3) is 2.81. The molecular weight excluding hydrogens is 238 g/mol. The summed E-state index contributed by atoms with van der Waals surface area (Å²) in [5.74, 6) is 3.14. The summed E-state index contributed by atoms with van der Waals surface area (Å²) in [6.07, 6.45) is 4.81. The van der Waals surface area contributed by atoms with E-state index in [0.29, 0.717) is 17.8 Å². The molecule has 1 aliphatic heterocycles. The molecule has 5 heteroatoms. The van der Waals surface area contributed by atoms with Gasteiger partial charge in [0.1, 0.15) is 17.5 Å². The first-order chi connectivity index (χ1) is 9.13. The van der Waals surface area contributed by atoms with Gasteiger partial charge in [-0.3, -0.25) is 0 Å². The summed E-state index contributed by atoms with van der Waals surface area (Å²) >= 11 is 0. The lowest BCUT2D eigenvalue weighted by atomic mass is 10.0. The Labute approximate surface area is 114 Å². The molecular formula is C14H23N5. The van der Waals surface area contributed by atoms with Crippen LogP contribution >= 0.6 is 0 Å². The Morgan fingerprint density at radius 1 is 1.16 bits per heavy atom. The van der Waals surface area contributed by atoms with Crippen molar-refractivity contribution >= 4 is 11.6 Å². The molecule has 3 rings (SSSR count). The lowest BCUT2D eigenvalue weighted by Crippen LogP contribution is -2.42. The van der Waals surface area contributed by atoms with Crippen molar-refractivity contribution in [1.82, 2.24) is 14.9 Å². The average molecular weight is 261 g/mol. The first kappa shape index (κ1) is 12.7. The highest BCUT2D eigenvalue weighted by Crippen LogP contribution is 2.39. The molecule has 5 nitrogen and oxygen atoms in total. The predicted molar refractivity (Wildman–Crippen MR) is 77.3 cm³/mol. The minimum absolute atomic E-state index is 0.557. The number of piperidine rings is 1. The molecule has 1 saturated heterocycles. The van der Waals surface area contributed by atoms with Crippen molar-refractivity contribution in [2.24, 2.45) is 0 Å². The van der Waals surface area contributed by atoms with Crippen molar-refractivity contribution in [2.45, 2.75) is 37.6 Å². The van der Waals surface area contributed by atoms with E-state index >= 15 is 0 Å². The van der Waals surface area contributed by atoms with E-state index < -0.39 is 0 Å². The molecule has 0 aromatic carbocycles. The van der Waals surface area contributed by atoms with Crippen LogP contribution in [0.1, 0.15) is 37.4 Å². The molecule has 104 valence electrons. The molecule has 0 amide bonds. The van der Waals surface area contributed by atoms with Crippen LogP contribution in [0.5, 0.6) is 0 Å². The molecule has 2 N–H and O–H groups in total. The van der Waals surface area contributed by atoms with Crippen LogP contribution < -0.4 is 10.6 Å². The van der Waals surface area contributed by atoms with Crippen LogP contribution in [-0.4, -0.2) is 48.1 Å². The fourth-order valence-electron chi connectivity index (χ4n) is 2.77. The Balaban J connectivity index is 1.72. The zero-order valence-corrected chi connectivity index (χ0v) is 11.8. The van der Waals surface area contributed by atoms with Gasteiger partial charge in [0, 0.05) is 31.1 Å². The van der Waals surface area contributed by atoms with Gasteiger partial charge in [0.05, 0.1) is 0 Å². The van der Waals surface area contributed by atoms with Gasteiger partial charge in [-0.25, -0.2) is 9.97 Å². The maximum atomic E-state index is 5.92.